The average Bonchev–Trinajstić information content (AvgIpc) is 2.44. The van der Waals surface area contributed by atoms with Crippen LogP contribution in [-0.2, 0) is 4.79 Å². The van der Waals surface area contributed by atoms with Crippen LogP contribution in [0.1, 0.15) is 36.8 Å². The lowest BCUT2D eigenvalue weighted by molar-refractivity contribution is -0.385. The number of aryl methyl sites for hydroxylation is 2. The third-order valence-corrected chi connectivity index (χ3v) is 3.16. The predicted octanol–water partition coefficient (Wildman–Crippen LogP) is 2.14. The second-order valence-electron chi connectivity index (χ2n) is 4.89. The van der Waals surface area contributed by atoms with Crippen molar-refractivity contribution in [2.75, 3.05) is 6.61 Å². The van der Waals surface area contributed by atoms with Crippen molar-refractivity contribution in [1.29, 1.82) is 0 Å². The zero-order valence-corrected chi connectivity index (χ0v) is 12.3. The number of rotatable bonds is 8. The number of nitro groups is 1. The molecular formula is C14H21N3O4. The maximum absolute atomic E-state index is 10.9. The lowest BCUT2D eigenvalue weighted by Gasteiger charge is -2.10. The van der Waals surface area contributed by atoms with Gasteiger partial charge in [0.15, 0.2) is 0 Å². The molecule has 116 valence electrons. The number of nitro benzene ring substituents is 1. The molecule has 7 heteroatoms. The highest BCUT2D eigenvalue weighted by molar-refractivity contribution is 5.75. The number of carbonyl (C=O) groups is 1. The quantitative estimate of drug-likeness (QED) is 0.251. The molecule has 1 aromatic rings. The van der Waals surface area contributed by atoms with E-state index < -0.39 is 4.92 Å². The van der Waals surface area contributed by atoms with E-state index >= 15 is 0 Å². The molecule has 1 rings (SSSR count). The number of carbonyl (C=O) groups excluding carboxylic acids is 1. The minimum atomic E-state index is -0.394. The van der Waals surface area contributed by atoms with Crippen molar-refractivity contribution in [2.45, 2.75) is 39.5 Å². The van der Waals surface area contributed by atoms with E-state index in [2.05, 4.69) is 5.43 Å². The number of hydrogen-bond acceptors (Lipinski definition) is 5. The summed E-state index contributed by atoms with van der Waals surface area (Å²) in [6, 6.07) is 3.21. The smallest absolute Gasteiger partial charge is 0.272 e. The first-order chi connectivity index (χ1) is 9.95. The summed E-state index contributed by atoms with van der Waals surface area (Å²) in [4.78, 5) is 21.3. The van der Waals surface area contributed by atoms with Crippen LogP contribution in [0.5, 0.6) is 5.75 Å². The van der Waals surface area contributed by atoms with Gasteiger partial charge in [0.25, 0.3) is 5.69 Å². The summed E-state index contributed by atoms with van der Waals surface area (Å²) in [5.41, 5.74) is 3.52. The molecule has 0 heterocycles. The fourth-order valence-electron chi connectivity index (χ4n) is 1.95. The first-order valence-electron chi connectivity index (χ1n) is 6.83. The maximum Gasteiger partial charge on any atom is 0.272 e. The molecule has 0 bridgehead atoms. The Morgan fingerprint density at radius 1 is 1.29 bits per heavy atom. The van der Waals surface area contributed by atoms with E-state index in [4.69, 9.17) is 10.6 Å². The topological polar surface area (TPSA) is 107 Å². The number of benzene rings is 1. The summed E-state index contributed by atoms with van der Waals surface area (Å²) < 4.78 is 5.64. The number of unbranched alkanes of at least 4 members (excludes halogenated alkanes) is 2. The van der Waals surface area contributed by atoms with Crippen LogP contribution in [0.4, 0.5) is 5.69 Å². The molecule has 0 saturated carbocycles. The van der Waals surface area contributed by atoms with Crippen LogP contribution in [0.2, 0.25) is 0 Å². The fourth-order valence-corrected chi connectivity index (χ4v) is 1.95. The molecule has 0 radical (unpaired) electrons. The summed E-state index contributed by atoms with van der Waals surface area (Å²) in [5.74, 6) is 5.48. The van der Waals surface area contributed by atoms with Crippen molar-refractivity contribution in [3.8, 4) is 5.75 Å². The van der Waals surface area contributed by atoms with Crippen molar-refractivity contribution in [1.82, 2.24) is 5.43 Å². The molecule has 1 aromatic carbocycles. The van der Waals surface area contributed by atoms with Crippen LogP contribution >= 0.6 is 0 Å². The molecule has 0 fully saturated rings. The van der Waals surface area contributed by atoms with E-state index in [1.54, 1.807) is 19.9 Å². The second kappa shape index (κ2) is 8.21. The van der Waals surface area contributed by atoms with Gasteiger partial charge in [-0.1, -0.05) is 0 Å². The zero-order chi connectivity index (χ0) is 15.8. The van der Waals surface area contributed by atoms with Crippen LogP contribution in [0, 0.1) is 24.0 Å². The van der Waals surface area contributed by atoms with E-state index in [9.17, 15) is 14.9 Å². The normalized spacial score (nSPS) is 10.2. The lowest BCUT2D eigenvalue weighted by atomic mass is 10.1. The highest BCUT2D eigenvalue weighted by Gasteiger charge is 2.13. The Morgan fingerprint density at radius 3 is 2.62 bits per heavy atom. The van der Waals surface area contributed by atoms with Crippen LogP contribution in [0.3, 0.4) is 0 Å². The number of nitrogens with two attached hydrogens (primary N) is 1. The molecular weight excluding hydrogens is 274 g/mol. The molecule has 21 heavy (non-hydrogen) atoms. The molecule has 1 amide bonds. The Hall–Kier alpha value is -2.15. The Bertz CT molecular complexity index is 517. The van der Waals surface area contributed by atoms with E-state index in [1.165, 1.54) is 6.07 Å². The largest absolute Gasteiger partial charge is 0.493 e. The van der Waals surface area contributed by atoms with Gasteiger partial charge in [-0.15, -0.1) is 0 Å². The van der Waals surface area contributed by atoms with Gasteiger partial charge >= 0.3 is 0 Å². The highest BCUT2D eigenvalue weighted by Crippen LogP contribution is 2.27. The molecule has 0 spiro atoms. The van der Waals surface area contributed by atoms with Crippen LogP contribution in [-0.4, -0.2) is 17.4 Å². The first kappa shape index (κ1) is 16.9. The molecule has 3 N–H and O–H groups in total. The van der Waals surface area contributed by atoms with Gasteiger partial charge in [-0.25, -0.2) is 5.84 Å². The molecule has 0 atom stereocenters. The van der Waals surface area contributed by atoms with Gasteiger partial charge in [-0.05, 0) is 44.7 Å². The van der Waals surface area contributed by atoms with Gasteiger partial charge in [0, 0.05) is 18.1 Å². The third-order valence-electron chi connectivity index (χ3n) is 3.16. The summed E-state index contributed by atoms with van der Waals surface area (Å²) in [7, 11) is 0. The number of nitrogens with one attached hydrogen (secondary N) is 1. The Balaban J connectivity index is 2.41. The van der Waals surface area contributed by atoms with Gasteiger partial charge in [-0.2, -0.15) is 0 Å². The van der Waals surface area contributed by atoms with E-state index in [0.717, 1.165) is 24.8 Å². The predicted molar refractivity (Wildman–Crippen MR) is 78.9 cm³/mol. The van der Waals surface area contributed by atoms with E-state index in [1.807, 2.05) is 0 Å². The van der Waals surface area contributed by atoms with E-state index in [0.29, 0.717) is 24.3 Å². The van der Waals surface area contributed by atoms with Gasteiger partial charge in [-0.3, -0.25) is 20.3 Å². The van der Waals surface area contributed by atoms with Crippen molar-refractivity contribution < 1.29 is 14.5 Å². The minimum Gasteiger partial charge on any atom is -0.493 e. The Labute approximate surface area is 123 Å². The lowest BCUT2D eigenvalue weighted by Crippen LogP contribution is -2.29. The van der Waals surface area contributed by atoms with E-state index in [-0.39, 0.29) is 11.6 Å². The van der Waals surface area contributed by atoms with Crippen LogP contribution in [0.25, 0.3) is 0 Å². The fraction of sp³-hybridized carbons (Fsp3) is 0.500. The van der Waals surface area contributed by atoms with Crippen LogP contribution < -0.4 is 16.0 Å². The zero-order valence-electron chi connectivity index (χ0n) is 12.3. The summed E-state index contributed by atoms with van der Waals surface area (Å²) in [6.07, 6.45) is 2.84. The summed E-state index contributed by atoms with van der Waals surface area (Å²) >= 11 is 0. The molecule has 0 aliphatic carbocycles. The van der Waals surface area contributed by atoms with Crippen molar-refractivity contribution in [3.05, 3.63) is 33.4 Å². The Kier molecular flexibility index (Phi) is 6.61. The molecule has 0 aliphatic heterocycles. The number of hydrogen-bond donors (Lipinski definition) is 2. The van der Waals surface area contributed by atoms with Crippen molar-refractivity contribution in [2.24, 2.45) is 5.84 Å². The Morgan fingerprint density at radius 2 is 2.00 bits per heavy atom. The SMILES string of the molecule is Cc1cc([N+](=O)[O-])c(C)cc1OCCCCCC(=O)NN. The van der Waals surface area contributed by atoms with Gasteiger partial charge in [0.05, 0.1) is 11.5 Å². The summed E-state index contributed by atoms with van der Waals surface area (Å²) in [5, 5.41) is 10.8. The minimum absolute atomic E-state index is 0.104. The molecule has 0 aliphatic rings. The molecule has 0 aromatic heterocycles. The molecule has 7 nitrogen and oxygen atoms in total. The number of nitrogens with zero attached hydrogens (tertiary/aromatic N) is 1. The second-order valence-corrected chi connectivity index (χ2v) is 4.89. The maximum atomic E-state index is 10.9. The molecule has 0 unspecified atom stereocenters. The number of hydrazine groups is 1. The highest BCUT2D eigenvalue weighted by atomic mass is 16.6. The first-order valence-corrected chi connectivity index (χ1v) is 6.83. The summed E-state index contributed by atoms with van der Waals surface area (Å²) in [6.45, 7) is 3.99. The van der Waals surface area contributed by atoms with Gasteiger partial charge < -0.3 is 4.74 Å². The third kappa shape index (κ3) is 5.39. The van der Waals surface area contributed by atoms with Crippen LogP contribution in [0.15, 0.2) is 12.1 Å². The monoisotopic (exact) mass is 295 g/mol. The average molecular weight is 295 g/mol. The van der Waals surface area contributed by atoms with Gasteiger partial charge in [0.1, 0.15) is 5.75 Å². The number of amides is 1. The van der Waals surface area contributed by atoms with Crippen molar-refractivity contribution in [3.63, 3.8) is 0 Å². The number of ether oxygens (including phenoxy) is 1. The van der Waals surface area contributed by atoms with Gasteiger partial charge in [0.2, 0.25) is 5.91 Å². The molecule has 0 saturated heterocycles. The van der Waals surface area contributed by atoms with Crippen molar-refractivity contribution >= 4 is 11.6 Å². The standard InChI is InChI=1S/C14H21N3O4/c1-10-9-13(11(2)8-12(10)17(19)20)21-7-5-3-4-6-14(18)16-15/h8-9H,3-7,15H2,1-2H3,(H,16,18).